The van der Waals surface area contributed by atoms with Crippen LogP contribution in [0.1, 0.15) is 189 Å². The normalized spacial score (nSPS) is 18.5. The molecule has 0 aromatic heterocycles. The Bertz CT molecular complexity index is 721. The summed E-state index contributed by atoms with van der Waals surface area (Å²) in [5, 5.41) is 10.3. The average Bonchev–Trinajstić information content (AvgIpc) is 3.37. The summed E-state index contributed by atoms with van der Waals surface area (Å²) in [6, 6.07) is -0.298. The molecule has 1 fully saturated rings. The van der Waals surface area contributed by atoms with Crippen molar-refractivity contribution < 1.29 is 19.4 Å². The van der Waals surface area contributed by atoms with E-state index in [1.54, 1.807) is 0 Å². The minimum atomic E-state index is -0.435. The molecule has 1 rings (SSSR count). The highest BCUT2D eigenvalue weighted by atomic mass is 16.5. The van der Waals surface area contributed by atoms with Crippen LogP contribution in [0.3, 0.4) is 0 Å². The number of aliphatic hydroxyl groups excluding tert-OH is 1. The molecule has 0 aliphatic carbocycles. The van der Waals surface area contributed by atoms with Crippen LogP contribution in [0.2, 0.25) is 0 Å². The molecule has 1 aliphatic heterocycles. The van der Waals surface area contributed by atoms with Gasteiger partial charge >= 0.3 is 5.97 Å². The lowest BCUT2D eigenvalue weighted by molar-refractivity contribution is -0.149. The average molecular weight is 622 g/mol. The molecule has 0 aromatic carbocycles. The number of carbonyl (C=O) groups excluding carboxylic acids is 2. The summed E-state index contributed by atoms with van der Waals surface area (Å²) in [6.07, 6.45) is 28.7. The summed E-state index contributed by atoms with van der Waals surface area (Å²) in [6.45, 7) is 15.5. The Balaban J connectivity index is 2.33. The quantitative estimate of drug-likeness (QED) is 0.0511. The van der Waals surface area contributed by atoms with Crippen LogP contribution in [0.15, 0.2) is 0 Å². The molecule has 0 aromatic rings. The second-order valence-corrected chi connectivity index (χ2v) is 15.6. The Morgan fingerprint density at radius 3 is 1.93 bits per heavy atom. The summed E-state index contributed by atoms with van der Waals surface area (Å²) in [4.78, 5) is 26.0. The van der Waals surface area contributed by atoms with Crippen molar-refractivity contribution in [3.8, 4) is 0 Å². The van der Waals surface area contributed by atoms with Crippen molar-refractivity contribution in [2.45, 2.75) is 201 Å². The molecule has 1 heterocycles. The number of esters is 1. The van der Waals surface area contributed by atoms with Crippen LogP contribution < -0.4 is 0 Å². The zero-order valence-corrected chi connectivity index (χ0v) is 30.3. The van der Waals surface area contributed by atoms with E-state index in [0.29, 0.717) is 25.0 Å². The molecule has 1 aliphatic rings. The molecular formula is C39H75NO4. The molecule has 44 heavy (non-hydrogen) atoms. The molecule has 1 N–H and O–H groups in total. The first-order chi connectivity index (χ1) is 21.1. The Labute approximate surface area is 274 Å². The number of β-amino-alcohol motifs (C(OH)–C–C–N with tert-alkyl or cyclic N) is 1. The zero-order valence-electron chi connectivity index (χ0n) is 30.3. The highest BCUT2D eigenvalue weighted by molar-refractivity contribution is 5.76. The minimum Gasteiger partial charge on any atom is -0.465 e. The van der Waals surface area contributed by atoms with Gasteiger partial charge in [0.05, 0.1) is 12.7 Å². The fourth-order valence-electron chi connectivity index (χ4n) is 7.10. The molecule has 5 nitrogen and oxygen atoms in total. The third-order valence-electron chi connectivity index (χ3n) is 10.4. The number of unbranched alkanes of at least 4 members (excludes halogenated alkanes) is 14. The Hall–Kier alpha value is -0.940. The maximum atomic E-state index is 12.8. The van der Waals surface area contributed by atoms with E-state index in [9.17, 15) is 14.7 Å². The SMILES string of the molecule is CCCCCCCCC(CCCCCC)C(C)(C)CCCCCCN1CC(O)CC1C(=O)OCCCCCCC(C)(C)C=O. The molecule has 1 saturated heterocycles. The summed E-state index contributed by atoms with van der Waals surface area (Å²) in [7, 11) is 0. The van der Waals surface area contributed by atoms with Crippen molar-refractivity contribution in [3.05, 3.63) is 0 Å². The van der Waals surface area contributed by atoms with Gasteiger partial charge in [0.2, 0.25) is 0 Å². The number of ether oxygens (including phenoxy) is 1. The van der Waals surface area contributed by atoms with Crippen LogP contribution in [-0.2, 0) is 14.3 Å². The minimum absolute atomic E-state index is 0.166. The van der Waals surface area contributed by atoms with E-state index in [1.807, 2.05) is 13.8 Å². The number of rotatable bonds is 29. The van der Waals surface area contributed by atoms with E-state index in [-0.39, 0.29) is 17.4 Å². The van der Waals surface area contributed by atoms with Gasteiger partial charge in [-0.05, 0) is 56.4 Å². The van der Waals surface area contributed by atoms with E-state index in [0.717, 1.165) is 57.3 Å². The molecule has 0 spiro atoms. The lowest BCUT2D eigenvalue weighted by atomic mass is 9.70. The number of nitrogens with zero attached hydrogens (tertiary/aromatic N) is 1. The number of carbonyl (C=O) groups is 2. The molecule has 0 bridgehead atoms. The number of likely N-dealkylation sites (tertiary alicyclic amines) is 1. The van der Waals surface area contributed by atoms with E-state index in [2.05, 4.69) is 32.6 Å². The smallest absolute Gasteiger partial charge is 0.323 e. The van der Waals surface area contributed by atoms with Crippen molar-refractivity contribution in [1.29, 1.82) is 0 Å². The third-order valence-corrected chi connectivity index (χ3v) is 10.4. The Morgan fingerprint density at radius 2 is 1.30 bits per heavy atom. The van der Waals surface area contributed by atoms with Gasteiger partial charge in [-0.3, -0.25) is 9.69 Å². The standard InChI is InChI=1S/C39H75NO4/c1-7-9-11-13-14-20-26-34(25-19-12-10-8-2)39(5,6)28-22-15-17-23-29-40-32-35(42)31-36(40)37(43)44-30-24-18-16-21-27-38(3,4)33-41/h33-36,42H,7-32H2,1-6H3. The van der Waals surface area contributed by atoms with Gasteiger partial charge in [-0.25, -0.2) is 0 Å². The van der Waals surface area contributed by atoms with E-state index in [4.69, 9.17) is 4.74 Å². The largest absolute Gasteiger partial charge is 0.465 e. The van der Waals surface area contributed by atoms with Gasteiger partial charge in [-0.2, -0.15) is 0 Å². The van der Waals surface area contributed by atoms with Gasteiger partial charge in [-0.15, -0.1) is 0 Å². The second-order valence-electron chi connectivity index (χ2n) is 15.6. The van der Waals surface area contributed by atoms with Crippen LogP contribution in [-0.4, -0.2) is 54.1 Å². The maximum Gasteiger partial charge on any atom is 0.323 e. The number of aldehydes is 1. The Morgan fingerprint density at radius 1 is 0.773 bits per heavy atom. The number of hydrogen-bond acceptors (Lipinski definition) is 5. The van der Waals surface area contributed by atoms with Crippen molar-refractivity contribution in [2.75, 3.05) is 19.7 Å². The van der Waals surface area contributed by atoms with Crippen LogP contribution in [0, 0.1) is 16.7 Å². The maximum absolute atomic E-state index is 12.8. The predicted molar refractivity (Wildman–Crippen MR) is 187 cm³/mol. The van der Waals surface area contributed by atoms with Crippen molar-refractivity contribution in [3.63, 3.8) is 0 Å². The van der Waals surface area contributed by atoms with Gasteiger partial charge in [0.15, 0.2) is 0 Å². The van der Waals surface area contributed by atoms with Gasteiger partial charge < -0.3 is 14.6 Å². The molecule has 5 heteroatoms. The molecule has 0 amide bonds. The van der Waals surface area contributed by atoms with Gasteiger partial charge in [0, 0.05) is 18.4 Å². The summed E-state index contributed by atoms with van der Waals surface area (Å²) in [5.41, 5.74) is 0.176. The fourth-order valence-corrected chi connectivity index (χ4v) is 7.10. The topological polar surface area (TPSA) is 66.8 Å². The highest BCUT2D eigenvalue weighted by Crippen LogP contribution is 2.39. The Kier molecular flexibility index (Phi) is 22.7. The molecule has 3 atom stereocenters. The van der Waals surface area contributed by atoms with Crippen LogP contribution in [0.5, 0.6) is 0 Å². The summed E-state index contributed by atoms with van der Waals surface area (Å²) >= 11 is 0. The van der Waals surface area contributed by atoms with Crippen LogP contribution in [0.4, 0.5) is 0 Å². The van der Waals surface area contributed by atoms with E-state index < -0.39 is 6.10 Å². The van der Waals surface area contributed by atoms with E-state index >= 15 is 0 Å². The monoisotopic (exact) mass is 622 g/mol. The predicted octanol–water partition coefficient (Wildman–Crippen LogP) is 10.5. The van der Waals surface area contributed by atoms with Crippen LogP contribution in [0.25, 0.3) is 0 Å². The first-order valence-corrected chi connectivity index (χ1v) is 19.1. The van der Waals surface area contributed by atoms with Crippen LogP contribution >= 0.6 is 0 Å². The lowest BCUT2D eigenvalue weighted by Crippen LogP contribution is -2.38. The third kappa shape index (κ3) is 18.9. The second kappa shape index (κ2) is 24.3. The fraction of sp³-hybridized carbons (Fsp3) is 0.949. The molecule has 3 unspecified atom stereocenters. The highest BCUT2D eigenvalue weighted by Gasteiger charge is 2.36. The van der Waals surface area contributed by atoms with Gasteiger partial charge in [0.25, 0.3) is 0 Å². The molecule has 0 saturated carbocycles. The summed E-state index contributed by atoms with van der Waals surface area (Å²) < 4.78 is 5.62. The van der Waals surface area contributed by atoms with Gasteiger partial charge in [-0.1, -0.05) is 144 Å². The van der Waals surface area contributed by atoms with Crippen molar-refractivity contribution >= 4 is 12.3 Å². The lowest BCUT2D eigenvalue weighted by Gasteiger charge is -2.35. The zero-order chi connectivity index (χ0) is 32.7. The molecule has 260 valence electrons. The van der Waals surface area contributed by atoms with Gasteiger partial charge in [0.1, 0.15) is 12.3 Å². The first kappa shape index (κ1) is 41.1. The van der Waals surface area contributed by atoms with E-state index in [1.165, 1.54) is 103 Å². The molecule has 0 radical (unpaired) electrons. The first-order valence-electron chi connectivity index (χ1n) is 19.1. The van der Waals surface area contributed by atoms with Crippen molar-refractivity contribution in [1.82, 2.24) is 4.90 Å². The van der Waals surface area contributed by atoms with Crippen molar-refractivity contribution in [2.24, 2.45) is 16.7 Å². The number of hydrogen-bond donors (Lipinski definition) is 1. The molecular weight excluding hydrogens is 546 g/mol. The number of aliphatic hydroxyl groups is 1. The summed E-state index contributed by atoms with van der Waals surface area (Å²) in [5.74, 6) is 0.679.